The Balaban J connectivity index is 1.55. The zero-order valence-electron chi connectivity index (χ0n) is 31.2. The Hall–Kier alpha value is -4.68. The quantitative estimate of drug-likeness (QED) is 0.144. The molecule has 246 valence electrons. The highest BCUT2D eigenvalue weighted by atomic mass is 14.5. The van der Waals surface area contributed by atoms with Crippen LogP contribution in [0.2, 0.25) is 0 Å². The molecule has 0 amide bonds. The van der Waals surface area contributed by atoms with Gasteiger partial charge in [-0.15, -0.1) is 0 Å². The molecule has 2 aliphatic carbocycles. The Labute approximate surface area is 296 Å². The van der Waals surface area contributed by atoms with Gasteiger partial charge in [0, 0.05) is 10.8 Å². The van der Waals surface area contributed by atoms with E-state index >= 15 is 0 Å². The van der Waals surface area contributed by atoms with E-state index in [4.69, 9.17) is 0 Å². The van der Waals surface area contributed by atoms with Crippen LogP contribution in [0, 0.1) is 0 Å². The molecule has 0 aromatic heterocycles. The predicted molar refractivity (Wildman–Crippen MR) is 218 cm³/mol. The van der Waals surface area contributed by atoms with E-state index < -0.39 is 0 Å². The van der Waals surface area contributed by atoms with E-state index in [2.05, 4.69) is 166 Å². The molecule has 0 aliphatic heterocycles. The van der Waals surface area contributed by atoms with Crippen LogP contribution < -0.4 is 0 Å². The lowest BCUT2D eigenvalue weighted by atomic mass is 9.72. The molecule has 0 saturated carbocycles. The van der Waals surface area contributed by atoms with Crippen molar-refractivity contribution in [3.63, 3.8) is 0 Å². The molecule has 8 aromatic carbocycles. The Bertz CT molecular complexity index is 2610. The van der Waals surface area contributed by atoms with Crippen molar-refractivity contribution >= 4 is 53.9 Å². The van der Waals surface area contributed by atoms with Crippen LogP contribution in [0.3, 0.4) is 0 Å². The van der Waals surface area contributed by atoms with Crippen LogP contribution in [0.4, 0.5) is 0 Å². The average Bonchev–Trinajstić information content (AvgIpc) is 3.47. The number of benzene rings is 8. The molecule has 2 aliphatic rings. The van der Waals surface area contributed by atoms with Crippen LogP contribution in [0.15, 0.2) is 97.1 Å². The van der Waals surface area contributed by atoms with Gasteiger partial charge in [-0.05, 0) is 132 Å². The molecule has 0 nitrogen and oxygen atoms in total. The summed E-state index contributed by atoms with van der Waals surface area (Å²) in [5, 5.41) is 14.0. The second-order valence-electron chi connectivity index (χ2n) is 18.6. The van der Waals surface area contributed by atoms with Crippen LogP contribution in [-0.4, -0.2) is 0 Å². The SMILES string of the molecule is CC(C)(C)c1cc2c3c(c4cc(C(C)(C)C)cc5c6c(c(c1)c2c54)C(C)(C)c1ccc2ccccc2c1-6)C(C)(C)c1ccc2ccccc2c1-3. The first-order valence-electron chi connectivity index (χ1n) is 18.5. The Morgan fingerprint density at radius 2 is 0.740 bits per heavy atom. The van der Waals surface area contributed by atoms with Crippen molar-refractivity contribution in [2.45, 2.75) is 90.9 Å². The van der Waals surface area contributed by atoms with Gasteiger partial charge in [0.2, 0.25) is 0 Å². The minimum atomic E-state index is -0.164. The highest BCUT2D eigenvalue weighted by Crippen LogP contribution is 2.63. The average molecular weight is 647 g/mol. The van der Waals surface area contributed by atoms with Crippen molar-refractivity contribution in [1.29, 1.82) is 0 Å². The van der Waals surface area contributed by atoms with Crippen LogP contribution in [0.5, 0.6) is 0 Å². The first kappa shape index (κ1) is 30.2. The summed E-state index contributed by atoms with van der Waals surface area (Å²) in [6, 6.07) is 38.0. The predicted octanol–water partition coefficient (Wildman–Crippen LogP) is 14.1. The molecule has 0 heteroatoms. The molecule has 0 saturated heterocycles. The summed E-state index contributed by atoms with van der Waals surface area (Å²) in [6.07, 6.45) is 0. The highest BCUT2D eigenvalue weighted by Gasteiger charge is 2.44. The van der Waals surface area contributed by atoms with Crippen molar-refractivity contribution in [3.05, 3.63) is 130 Å². The van der Waals surface area contributed by atoms with Gasteiger partial charge < -0.3 is 0 Å². The van der Waals surface area contributed by atoms with Gasteiger partial charge in [-0.3, -0.25) is 0 Å². The Morgan fingerprint density at radius 1 is 0.380 bits per heavy atom. The standard InChI is InChI=1S/C50H46/c1-47(2,3)29-23-33-39-35(25-29)45-44(42-32-18-14-12-16-28(32)20-22-38(42)49(45,7)8)34-24-30(48(4,5)6)26-36(40(34)39)46-43(33)41-31-17-13-11-15-27(31)19-21-37(41)50(46,9)10/h11-26H,1-10H3. The number of fused-ring (bicyclic) bond motifs is 14. The van der Waals surface area contributed by atoms with E-state index in [1.807, 2.05) is 0 Å². The van der Waals surface area contributed by atoms with Crippen molar-refractivity contribution in [2.24, 2.45) is 0 Å². The maximum atomic E-state index is 2.59. The minimum absolute atomic E-state index is 0.0123. The van der Waals surface area contributed by atoms with Gasteiger partial charge in [-0.1, -0.05) is 154 Å². The maximum absolute atomic E-state index is 2.59. The lowest BCUT2D eigenvalue weighted by Crippen LogP contribution is -2.18. The third kappa shape index (κ3) is 3.57. The van der Waals surface area contributed by atoms with Crippen LogP contribution in [0.25, 0.3) is 76.1 Å². The lowest BCUT2D eigenvalue weighted by molar-refractivity contribution is 0.591. The molecule has 0 heterocycles. The smallest absolute Gasteiger partial charge is 0.0165 e. The molecule has 8 aromatic rings. The molecule has 0 unspecified atom stereocenters. The van der Waals surface area contributed by atoms with Gasteiger partial charge in [-0.2, -0.15) is 0 Å². The third-order valence-electron chi connectivity index (χ3n) is 12.8. The summed E-state index contributed by atoms with van der Waals surface area (Å²) in [6.45, 7) is 24.2. The van der Waals surface area contributed by atoms with Gasteiger partial charge in [0.15, 0.2) is 0 Å². The molecule has 0 spiro atoms. The van der Waals surface area contributed by atoms with Crippen molar-refractivity contribution in [3.8, 4) is 22.3 Å². The van der Waals surface area contributed by atoms with Gasteiger partial charge in [0.25, 0.3) is 0 Å². The van der Waals surface area contributed by atoms with Crippen LogP contribution in [0.1, 0.15) is 103 Å². The van der Waals surface area contributed by atoms with E-state index in [1.54, 1.807) is 0 Å². The van der Waals surface area contributed by atoms with Crippen molar-refractivity contribution < 1.29 is 0 Å². The lowest BCUT2D eigenvalue weighted by Gasteiger charge is -2.31. The Kier molecular flexibility index (Phi) is 5.52. The summed E-state index contributed by atoms with van der Waals surface area (Å²) >= 11 is 0. The number of rotatable bonds is 0. The van der Waals surface area contributed by atoms with Crippen molar-refractivity contribution in [2.75, 3.05) is 0 Å². The topological polar surface area (TPSA) is 0 Å². The largest absolute Gasteiger partial charge is 0.0616 e. The fourth-order valence-electron chi connectivity index (χ4n) is 10.2. The molecule has 50 heavy (non-hydrogen) atoms. The fourth-order valence-corrected chi connectivity index (χ4v) is 10.2. The van der Waals surface area contributed by atoms with Gasteiger partial charge in [-0.25, -0.2) is 0 Å². The van der Waals surface area contributed by atoms with E-state index in [-0.39, 0.29) is 21.7 Å². The van der Waals surface area contributed by atoms with Gasteiger partial charge >= 0.3 is 0 Å². The second-order valence-corrected chi connectivity index (χ2v) is 18.6. The van der Waals surface area contributed by atoms with Gasteiger partial charge in [0.05, 0.1) is 0 Å². The summed E-state index contributed by atoms with van der Waals surface area (Å²) in [5.74, 6) is 0. The molecular formula is C50H46. The third-order valence-corrected chi connectivity index (χ3v) is 12.8. The summed E-state index contributed by atoms with van der Waals surface area (Å²) < 4.78 is 0. The summed E-state index contributed by atoms with van der Waals surface area (Å²) in [4.78, 5) is 0. The van der Waals surface area contributed by atoms with Crippen molar-refractivity contribution in [1.82, 2.24) is 0 Å². The normalized spacial score (nSPS) is 16.1. The minimum Gasteiger partial charge on any atom is -0.0616 e. The van der Waals surface area contributed by atoms with E-state index in [9.17, 15) is 0 Å². The van der Waals surface area contributed by atoms with Gasteiger partial charge in [0.1, 0.15) is 0 Å². The van der Waals surface area contributed by atoms with Crippen LogP contribution >= 0.6 is 0 Å². The monoisotopic (exact) mass is 646 g/mol. The summed E-state index contributed by atoms with van der Waals surface area (Å²) in [5.41, 5.74) is 14.1. The first-order valence-corrected chi connectivity index (χ1v) is 18.5. The molecule has 10 rings (SSSR count). The summed E-state index contributed by atoms with van der Waals surface area (Å²) in [7, 11) is 0. The number of hydrogen-bond acceptors (Lipinski definition) is 0. The van der Waals surface area contributed by atoms with Crippen LogP contribution in [-0.2, 0) is 21.7 Å². The molecular weight excluding hydrogens is 601 g/mol. The zero-order chi connectivity index (χ0) is 34.9. The number of hydrogen-bond donors (Lipinski definition) is 0. The van der Waals surface area contributed by atoms with E-state index in [0.29, 0.717) is 0 Å². The molecule has 0 radical (unpaired) electrons. The molecule has 0 N–H and O–H groups in total. The first-order chi connectivity index (χ1) is 23.6. The molecule has 0 fully saturated rings. The van der Waals surface area contributed by atoms with E-state index in [1.165, 1.54) is 109 Å². The van der Waals surface area contributed by atoms with E-state index in [0.717, 1.165) is 0 Å². The Morgan fingerprint density at radius 3 is 1.12 bits per heavy atom. The molecule has 0 atom stereocenters. The highest BCUT2D eigenvalue weighted by molar-refractivity contribution is 6.34. The zero-order valence-corrected chi connectivity index (χ0v) is 31.2. The maximum Gasteiger partial charge on any atom is 0.0165 e. The molecule has 0 bridgehead atoms. The fraction of sp³-hybridized carbons (Fsp3) is 0.280. The second kappa shape index (κ2) is 9.15.